The summed E-state index contributed by atoms with van der Waals surface area (Å²) in [5, 5.41) is 12.3. The molecule has 10 nitrogen and oxygen atoms in total. The van der Waals surface area contributed by atoms with Gasteiger partial charge in [-0.1, -0.05) is 12.1 Å². The standard InChI is InChI=1S/C22H23N7O3/c30-22(29-7-9-32-10-8-29)27-18-5-1-4-17(11-18)26-21-12-19(20(28-31)15-25-21)24-14-16-3-2-6-23-13-16/h1-6,11-13,15H,7-10,14H2,(H,27,30)(H2,24,25,26). The first-order valence-electron chi connectivity index (χ1n) is 10.2. The molecule has 0 bridgehead atoms. The number of pyridine rings is 2. The van der Waals surface area contributed by atoms with Crippen molar-refractivity contribution in [2.24, 2.45) is 5.18 Å². The number of anilines is 4. The Morgan fingerprint density at radius 2 is 1.94 bits per heavy atom. The molecule has 2 amide bonds. The lowest BCUT2D eigenvalue weighted by molar-refractivity contribution is 0.0564. The third kappa shape index (κ3) is 5.55. The number of hydrogen-bond donors (Lipinski definition) is 3. The number of rotatable bonds is 7. The van der Waals surface area contributed by atoms with Gasteiger partial charge in [0.15, 0.2) is 0 Å². The van der Waals surface area contributed by atoms with Gasteiger partial charge in [0, 0.05) is 49.5 Å². The monoisotopic (exact) mass is 433 g/mol. The number of ether oxygens (including phenoxy) is 1. The van der Waals surface area contributed by atoms with Gasteiger partial charge >= 0.3 is 6.03 Å². The Morgan fingerprint density at radius 1 is 1.09 bits per heavy atom. The highest BCUT2D eigenvalue weighted by atomic mass is 16.5. The molecule has 10 heteroatoms. The number of aromatic nitrogens is 2. The lowest BCUT2D eigenvalue weighted by Gasteiger charge is -2.27. The molecule has 164 valence electrons. The van der Waals surface area contributed by atoms with Gasteiger partial charge < -0.3 is 25.6 Å². The Kier molecular flexibility index (Phi) is 6.83. The summed E-state index contributed by atoms with van der Waals surface area (Å²) in [6.07, 6.45) is 4.86. The van der Waals surface area contributed by atoms with Crippen molar-refractivity contribution in [3.8, 4) is 0 Å². The van der Waals surface area contributed by atoms with E-state index in [1.165, 1.54) is 6.20 Å². The Labute approximate surface area is 185 Å². The summed E-state index contributed by atoms with van der Waals surface area (Å²) < 4.78 is 5.28. The number of nitroso groups, excluding NO2 is 1. The van der Waals surface area contributed by atoms with E-state index in [0.717, 1.165) is 11.3 Å². The van der Waals surface area contributed by atoms with Crippen molar-refractivity contribution >= 4 is 34.6 Å². The highest BCUT2D eigenvalue weighted by molar-refractivity contribution is 5.90. The molecule has 3 N–H and O–H groups in total. The molecule has 4 rings (SSSR count). The van der Waals surface area contributed by atoms with Crippen LogP contribution in [0.4, 0.5) is 33.4 Å². The highest BCUT2D eigenvalue weighted by Crippen LogP contribution is 2.28. The minimum absolute atomic E-state index is 0.160. The fourth-order valence-corrected chi connectivity index (χ4v) is 3.22. The summed E-state index contributed by atoms with van der Waals surface area (Å²) >= 11 is 0. The SMILES string of the molecule is O=Nc1cnc(Nc2cccc(NC(=O)N3CCOCC3)c2)cc1NCc1cccnc1. The average molecular weight is 433 g/mol. The van der Waals surface area contributed by atoms with E-state index < -0.39 is 0 Å². The van der Waals surface area contributed by atoms with E-state index in [2.05, 4.69) is 31.1 Å². The molecule has 0 spiro atoms. The molecule has 3 aromatic rings. The smallest absolute Gasteiger partial charge is 0.322 e. The maximum atomic E-state index is 12.4. The Morgan fingerprint density at radius 3 is 2.72 bits per heavy atom. The minimum atomic E-state index is -0.160. The van der Waals surface area contributed by atoms with Gasteiger partial charge in [0.2, 0.25) is 0 Å². The fraction of sp³-hybridized carbons (Fsp3) is 0.227. The summed E-state index contributed by atoms with van der Waals surface area (Å²) in [5.41, 5.74) is 3.14. The van der Waals surface area contributed by atoms with Gasteiger partial charge in [0.1, 0.15) is 11.5 Å². The maximum absolute atomic E-state index is 12.4. The van der Waals surface area contributed by atoms with Gasteiger partial charge in [0.25, 0.3) is 0 Å². The van der Waals surface area contributed by atoms with Gasteiger partial charge in [-0.15, -0.1) is 4.91 Å². The molecular weight excluding hydrogens is 410 g/mol. The quantitative estimate of drug-likeness (QED) is 0.480. The summed E-state index contributed by atoms with van der Waals surface area (Å²) in [4.78, 5) is 33.6. The van der Waals surface area contributed by atoms with E-state index in [1.807, 2.05) is 36.4 Å². The van der Waals surface area contributed by atoms with E-state index in [1.54, 1.807) is 23.4 Å². The molecule has 3 heterocycles. The van der Waals surface area contributed by atoms with Crippen LogP contribution in [0.1, 0.15) is 5.56 Å². The van der Waals surface area contributed by atoms with Crippen molar-refractivity contribution in [2.45, 2.75) is 6.54 Å². The van der Waals surface area contributed by atoms with Crippen LogP contribution in [0.5, 0.6) is 0 Å². The molecule has 1 fully saturated rings. The van der Waals surface area contributed by atoms with Crippen molar-refractivity contribution in [3.63, 3.8) is 0 Å². The predicted octanol–water partition coefficient (Wildman–Crippen LogP) is 4.09. The Balaban J connectivity index is 1.43. The van der Waals surface area contributed by atoms with Crippen LogP contribution in [0.3, 0.4) is 0 Å². The molecule has 32 heavy (non-hydrogen) atoms. The zero-order valence-electron chi connectivity index (χ0n) is 17.3. The van der Waals surface area contributed by atoms with Crippen LogP contribution in [0.15, 0.2) is 66.2 Å². The zero-order valence-corrected chi connectivity index (χ0v) is 17.3. The topological polar surface area (TPSA) is 121 Å². The van der Waals surface area contributed by atoms with Crippen LogP contribution in [0.25, 0.3) is 0 Å². The van der Waals surface area contributed by atoms with Gasteiger partial charge in [-0.05, 0) is 35.0 Å². The van der Waals surface area contributed by atoms with Crippen LogP contribution in [-0.2, 0) is 11.3 Å². The second-order valence-electron chi connectivity index (χ2n) is 7.13. The number of urea groups is 1. The summed E-state index contributed by atoms with van der Waals surface area (Å²) in [6, 6.07) is 12.7. The second kappa shape index (κ2) is 10.3. The van der Waals surface area contributed by atoms with Crippen LogP contribution in [0, 0.1) is 4.91 Å². The van der Waals surface area contributed by atoms with E-state index >= 15 is 0 Å². The first kappa shape index (κ1) is 21.2. The van der Waals surface area contributed by atoms with E-state index in [4.69, 9.17) is 4.74 Å². The zero-order chi connectivity index (χ0) is 22.2. The predicted molar refractivity (Wildman–Crippen MR) is 122 cm³/mol. The number of carbonyl (C=O) groups excluding carboxylic acids is 1. The van der Waals surface area contributed by atoms with Crippen molar-refractivity contribution in [3.05, 3.63) is 71.5 Å². The third-order valence-corrected chi connectivity index (χ3v) is 4.87. The average Bonchev–Trinajstić information content (AvgIpc) is 2.84. The van der Waals surface area contributed by atoms with Crippen LogP contribution in [-0.4, -0.2) is 47.2 Å². The van der Waals surface area contributed by atoms with Gasteiger partial charge in [-0.3, -0.25) is 4.98 Å². The van der Waals surface area contributed by atoms with E-state index in [9.17, 15) is 9.70 Å². The van der Waals surface area contributed by atoms with E-state index in [0.29, 0.717) is 50.0 Å². The molecule has 0 aliphatic carbocycles. The lowest BCUT2D eigenvalue weighted by Crippen LogP contribution is -2.43. The van der Waals surface area contributed by atoms with Crippen LogP contribution in [0.2, 0.25) is 0 Å². The molecule has 1 aromatic carbocycles. The number of benzene rings is 1. The second-order valence-corrected chi connectivity index (χ2v) is 7.13. The summed E-state index contributed by atoms with van der Waals surface area (Å²) in [5.74, 6) is 0.530. The molecule has 0 unspecified atom stereocenters. The number of amides is 2. The molecule has 0 saturated carbocycles. The molecule has 2 aromatic heterocycles. The molecule has 0 atom stereocenters. The van der Waals surface area contributed by atoms with Crippen molar-refractivity contribution in [1.82, 2.24) is 14.9 Å². The molecule has 0 radical (unpaired) electrons. The molecule has 1 aliphatic rings. The first-order chi connectivity index (χ1) is 15.7. The number of hydrogen-bond acceptors (Lipinski definition) is 8. The van der Waals surface area contributed by atoms with E-state index in [-0.39, 0.29) is 11.7 Å². The minimum Gasteiger partial charge on any atom is -0.379 e. The van der Waals surface area contributed by atoms with Crippen molar-refractivity contribution in [1.29, 1.82) is 0 Å². The highest BCUT2D eigenvalue weighted by Gasteiger charge is 2.16. The number of carbonyl (C=O) groups is 1. The Hall–Kier alpha value is -4.05. The number of nitrogens with one attached hydrogen (secondary N) is 3. The van der Waals surface area contributed by atoms with Crippen molar-refractivity contribution < 1.29 is 9.53 Å². The Bertz CT molecular complexity index is 1070. The maximum Gasteiger partial charge on any atom is 0.322 e. The van der Waals surface area contributed by atoms with Gasteiger partial charge in [-0.2, -0.15) is 0 Å². The summed E-state index contributed by atoms with van der Waals surface area (Å²) in [6.45, 7) is 2.72. The van der Waals surface area contributed by atoms with Gasteiger partial charge in [0.05, 0.1) is 25.1 Å². The van der Waals surface area contributed by atoms with Gasteiger partial charge in [-0.25, -0.2) is 9.78 Å². The fourth-order valence-electron chi connectivity index (χ4n) is 3.22. The molecule has 1 saturated heterocycles. The first-order valence-corrected chi connectivity index (χ1v) is 10.2. The number of nitrogens with zero attached hydrogens (tertiary/aromatic N) is 4. The summed E-state index contributed by atoms with van der Waals surface area (Å²) in [7, 11) is 0. The normalized spacial score (nSPS) is 13.3. The number of morpholine rings is 1. The largest absolute Gasteiger partial charge is 0.379 e. The van der Waals surface area contributed by atoms with Crippen molar-refractivity contribution in [2.75, 3.05) is 42.3 Å². The third-order valence-electron chi connectivity index (χ3n) is 4.87. The molecular formula is C22H23N7O3. The lowest BCUT2D eigenvalue weighted by atomic mass is 10.2. The van der Waals surface area contributed by atoms with Crippen LogP contribution >= 0.6 is 0 Å². The van der Waals surface area contributed by atoms with Crippen LogP contribution < -0.4 is 16.0 Å². The molecule has 1 aliphatic heterocycles.